The summed E-state index contributed by atoms with van der Waals surface area (Å²) in [6.45, 7) is 3.70. The number of nitrogens with one attached hydrogen (secondary N) is 1. The maximum Gasteiger partial charge on any atom is 0.255 e. The number of H-pyrrole nitrogens is 1. The zero-order valence-electron chi connectivity index (χ0n) is 9.95. The number of nitrogen functional groups attached to an aromatic ring is 1. The molecule has 0 radical (unpaired) electrons. The summed E-state index contributed by atoms with van der Waals surface area (Å²) < 4.78 is 0. The molecule has 0 spiro atoms. The van der Waals surface area contributed by atoms with Crippen LogP contribution in [0.5, 0.6) is 0 Å². The Labute approximate surface area is 99.5 Å². The van der Waals surface area contributed by atoms with E-state index in [2.05, 4.69) is 9.97 Å². The van der Waals surface area contributed by atoms with Gasteiger partial charge < -0.3 is 10.7 Å². The van der Waals surface area contributed by atoms with Gasteiger partial charge in [-0.3, -0.25) is 4.79 Å². The van der Waals surface area contributed by atoms with Crippen LogP contribution in [0.15, 0.2) is 29.1 Å². The third-order valence-electron chi connectivity index (χ3n) is 2.73. The monoisotopic (exact) mass is 229 g/mol. The van der Waals surface area contributed by atoms with Crippen LogP contribution in [0.3, 0.4) is 0 Å². The van der Waals surface area contributed by atoms with E-state index in [4.69, 9.17) is 5.73 Å². The van der Waals surface area contributed by atoms with E-state index >= 15 is 0 Å². The zero-order valence-corrected chi connectivity index (χ0v) is 9.95. The Balaban J connectivity index is 2.30. The highest BCUT2D eigenvalue weighted by Crippen LogP contribution is 2.08. The standard InChI is InChI=1S/C13H15N3O/c1-8-3-5-10(6-4-8)7-11-15-12(14)9(2)13(17)16-11/h3-6H,7H2,1-2H3,(H3,14,15,16,17). The normalized spacial score (nSPS) is 10.5. The predicted octanol–water partition coefficient (Wildman–Crippen LogP) is 1.56. The maximum atomic E-state index is 11.5. The number of rotatable bonds is 2. The first kappa shape index (κ1) is 11.4. The molecule has 0 aliphatic heterocycles. The molecular formula is C13H15N3O. The van der Waals surface area contributed by atoms with Gasteiger partial charge in [-0.05, 0) is 19.4 Å². The van der Waals surface area contributed by atoms with Crippen LogP contribution < -0.4 is 11.3 Å². The summed E-state index contributed by atoms with van der Waals surface area (Å²) in [5.41, 5.74) is 8.28. The minimum Gasteiger partial charge on any atom is -0.383 e. The van der Waals surface area contributed by atoms with Crippen molar-refractivity contribution in [3.63, 3.8) is 0 Å². The number of benzene rings is 1. The van der Waals surface area contributed by atoms with Crippen molar-refractivity contribution in [1.29, 1.82) is 0 Å². The van der Waals surface area contributed by atoms with Gasteiger partial charge in [-0.25, -0.2) is 4.98 Å². The molecule has 17 heavy (non-hydrogen) atoms. The van der Waals surface area contributed by atoms with Crippen LogP contribution in [0, 0.1) is 13.8 Å². The molecule has 0 aliphatic rings. The highest BCUT2D eigenvalue weighted by atomic mass is 16.1. The fourth-order valence-electron chi connectivity index (χ4n) is 1.58. The highest BCUT2D eigenvalue weighted by Gasteiger charge is 2.04. The number of aromatic nitrogens is 2. The fourth-order valence-corrected chi connectivity index (χ4v) is 1.58. The van der Waals surface area contributed by atoms with Gasteiger partial charge in [0.15, 0.2) is 0 Å². The molecule has 1 aromatic heterocycles. The molecule has 2 rings (SSSR count). The second kappa shape index (κ2) is 4.41. The first-order chi connectivity index (χ1) is 8.06. The molecule has 0 fully saturated rings. The Morgan fingerprint density at radius 1 is 1.24 bits per heavy atom. The van der Waals surface area contributed by atoms with E-state index in [1.165, 1.54) is 5.56 Å². The molecule has 3 N–H and O–H groups in total. The van der Waals surface area contributed by atoms with Crippen molar-refractivity contribution < 1.29 is 0 Å². The lowest BCUT2D eigenvalue weighted by molar-refractivity contribution is 0.937. The van der Waals surface area contributed by atoms with Crippen molar-refractivity contribution >= 4 is 5.82 Å². The molecule has 88 valence electrons. The van der Waals surface area contributed by atoms with Crippen LogP contribution >= 0.6 is 0 Å². The Morgan fingerprint density at radius 3 is 2.47 bits per heavy atom. The van der Waals surface area contributed by atoms with Gasteiger partial charge in [0.2, 0.25) is 0 Å². The lowest BCUT2D eigenvalue weighted by Crippen LogP contribution is -2.17. The second-order valence-electron chi connectivity index (χ2n) is 4.19. The molecule has 1 aromatic carbocycles. The minimum atomic E-state index is -0.167. The molecule has 0 saturated carbocycles. The van der Waals surface area contributed by atoms with Gasteiger partial charge in [0, 0.05) is 6.42 Å². The predicted molar refractivity (Wildman–Crippen MR) is 68.0 cm³/mol. The number of anilines is 1. The van der Waals surface area contributed by atoms with E-state index in [0.29, 0.717) is 23.6 Å². The van der Waals surface area contributed by atoms with Crippen molar-refractivity contribution in [2.24, 2.45) is 0 Å². The molecule has 1 heterocycles. The second-order valence-corrected chi connectivity index (χ2v) is 4.19. The van der Waals surface area contributed by atoms with E-state index in [9.17, 15) is 4.79 Å². The number of hydrogen-bond donors (Lipinski definition) is 2. The SMILES string of the molecule is Cc1ccc(Cc2nc(N)c(C)c(=O)[nH]2)cc1. The lowest BCUT2D eigenvalue weighted by Gasteiger charge is -2.04. The van der Waals surface area contributed by atoms with Crippen LogP contribution in [0.1, 0.15) is 22.5 Å². The third-order valence-corrected chi connectivity index (χ3v) is 2.73. The molecular weight excluding hydrogens is 214 g/mol. The molecule has 0 bridgehead atoms. The van der Waals surface area contributed by atoms with Crippen molar-refractivity contribution in [2.45, 2.75) is 20.3 Å². The maximum absolute atomic E-state index is 11.5. The van der Waals surface area contributed by atoms with E-state index < -0.39 is 0 Å². The molecule has 0 unspecified atom stereocenters. The summed E-state index contributed by atoms with van der Waals surface area (Å²) in [4.78, 5) is 18.4. The summed E-state index contributed by atoms with van der Waals surface area (Å²) >= 11 is 0. The Hall–Kier alpha value is -2.10. The first-order valence-electron chi connectivity index (χ1n) is 5.47. The van der Waals surface area contributed by atoms with E-state index in [1.807, 2.05) is 31.2 Å². The van der Waals surface area contributed by atoms with Crippen LogP contribution in [-0.4, -0.2) is 9.97 Å². The van der Waals surface area contributed by atoms with Crippen molar-refractivity contribution in [1.82, 2.24) is 9.97 Å². The smallest absolute Gasteiger partial charge is 0.255 e. The summed E-state index contributed by atoms with van der Waals surface area (Å²) in [6.07, 6.45) is 0.583. The molecule has 0 aliphatic carbocycles. The van der Waals surface area contributed by atoms with Crippen LogP contribution in [0.2, 0.25) is 0 Å². The fraction of sp³-hybridized carbons (Fsp3) is 0.231. The first-order valence-corrected chi connectivity index (χ1v) is 5.47. The lowest BCUT2D eigenvalue weighted by atomic mass is 10.1. The van der Waals surface area contributed by atoms with Gasteiger partial charge in [0.25, 0.3) is 5.56 Å². The number of hydrogen-bond acceptors (Lipinski definition) is 3. The van der Waals surface area contributed by atoms with Crippen LogP contribution in [-0.2, 0) is 6.42 Å². The summed E-state index contributed by atoms with van der Waals surface area (Å²) in [5, 5.41) is 0. The molecule has 2 aromatic rings. The third kappa shape index (κ3) is 2.53. The Bertz CT molecular complexity index is 585. The van der Waals surface area contributed by atoms with Gasteiger partial charge in [-0.2, -0.15) is 0 Å². The Morgan fingerprint density at radius 2 is 1.88 bits per heavy atom. The number of nitrogens with zero attached hydrogens (tertiary/aromatic N) is 1. The van der Waals surface area contributed by atoms with Gasteiger partial charge in [-0.1, -0.05) is 29.8 Å². The van der Waals surface area contributed by atoms with Crippen molar-refractivity contribution in [3.05, 3.63) is 57.1 Å². The summed E-state index contributed by atoms with van der Waals surface area (Å²) in [6, 6.07) is 8.10. The van der Waals surface area contributed by atoms with Crippen LogP contribution in [0.25, 0.3) is 0 Å². The minimum absolute atomic E-state index is 0.167. The van der Waals surface area contributed by atoms with Crippen LogP contribution in [0.4, 0.5) is 5.82 Å². The zero-order chi connectivity index (χ0) is 12.4. The number of aryl methyl sites for hydroxylation is 1. The largest absolute Gasteiger partial charge is 0.383 e. The van der Waals surface area contributed by atoms with Gasteiger partial charge in [-0.15, -0.1) is 0 Å². The number of nitrogens with two attached hydrogens (primary N) is 1. The molecule has 4 heteroatoms. The van der Waals surface area contributed by atoms with Gasteiger partial charge in [0.05, 0.1) is 5.56 Å². The quantitative estimate of drug-likeness (QED) is 0.820. The average Bonchev–Trinajstić information content (AvgIpc) is 2.29. The van der Waals surface area contributed by atoms with E-state index in [-0.39, 0.29) is 5.56 Å². The number of aromatic amines is 1. The van der Waals surface area contributed by atoms with Crippen molar-refractivity contribution in [2.75, 3.05) is 5.73 Å². The van der Waals surface area contributed by atoms with E-state index in [0.717, 1.165) is 5.56 Å². The van der Waals surface area contributed by atoms with E-state index in [1.54, 1.807) is 6.92 Å². The average molecular weight is 229 g/mol. The Kier molecular flexibility index (Phi) is 2.95. The highest BCUT2D eigenvalue weighted by molar-refractivity contribution is 5.36. The van der Waals surface area contributed by atoms with Gasteiger partial charge >= 0.3 is 0 Å². The summed E-state index contributed by atoms with van der Waals surface area (Å²) in [5.74, 6) is 0.901. The molecule has 0 saturated heterocycles. The van der Waals surface area contributed by atoms with Gasteiger partial charge in [0.1, 0.15) is 11.6 Å². The molecule has 4 nitrogen and oxygen atoms in total. The summed E-state index contributed by atoms with van der Waals surface area (Å²) in [7, 11) is 0. The topological polar surface area (TPSA) is 71.8 Å². The molecule has 0 amide bonds. The molecule has 0 atom stereocenters. The van der Waals surface area contributed by atoms with Crippen molar-refractivity contribution in [3.8, 4) is 0 Å².